The molecule has 2 N–H and O–H groups in total. The summed E-state index contributed by atoms with van der Waals surface area (Å²) in [6.07, 6.45) is 0. The smallest absolute Gasteiger partial charge is 0.270 e. The fourth-order valence-electron chi connectivity index (χ4n) is 2.09. The van der Waals surface area contributed by atoms with Gasteiger partial charge in [-0.1, -0.05) is 12.1 Å². The van der Waals surface area contributed by atoms with E-state index in [1.807, 2.05) is 52.0 Å². The zero-order chi connectivity index (χ0) is 17.7. The van der Waals surface area contributed by atoms with Crippen LogP contribution in [0.25, 0.3) is 0 Å². The summed E-state index contributed by atoms with van der Waals surface area (Å²) in [6, 6.07) is 9.41. The highest BCUT2D eigenvalue weighted by Crippen LogP contribution is 2.13. The van der Waals surface area contributed by atoms with E-state index in [0.29, 0.717) is 18.2 Å². The first-order chi connectivity index (χ1) is 11.3. The number of rotatable bonds is 5. The van der Waals surface area contributed by atoms with Crippen LogP contribution in [0.15, 0.2) is 30.3 Å². The number of aryl methyl sites for hydroxylation is 1. The lowest BCUT2D eigenvalue weighted by Gasteiger charge is -2.20. The van der Waals surface area contributed by atoms with Crippen molar-refractivity contribution in [2.45, 2.75) is 39.8 Å². The first-order valence-electron chi connectivity index (χ1n) is 7.82. The minimum absolute atomic E-state index is 0.208. The van der Waals surface area contributed by atoms with Crippen molar-refractivity contribution < 1.29 is 9.53 Å². The molecule has 0 spiro atoms. The van der Waals surface area contributed by atoms with Crippen molar-refractivity contribution in [3.8, 4) is 5.75 Å². The number of ether oxygens (including phenoxy) is 1. The summed E-state index contributed by atoms with van der Waals surface area (Å²) in [4.78, 5) is 20.9. The van der Waals surface area contributed by atoms with Crippen LogP contribution in [0.2, 0.25) is 0 Å². The highest BCUT2D eigenvalue weighted by molar-refractivity contribution is 5.93. The third-order valence-corrected chi connectivity index (χ3v) is 3.19. The molecule has 0 atom stereocenters. The monoisotopic (exact) mass is 328 g/mol. The van der Waals surface area contributed by atoms with Gasteiger partial charge in [-0.15, -0.1) is 0 Å². The summed E-state index contributed by atoms with van der Waals surface area (Å²) in [7, 11) is 1.64. The Kier molecular flexibility index (Phi) is 5.39. The molecule has 1 amide bonds. The molecule has 0 aliphatic rings. The van der Waals surface area contributed by atoms with Gasteiger partial charge in [0.2, 0.25) is 5.95 Å². The molecule has 1 heterocycles. The fraction of sp³-hybridized carbons (Fsp3) is 0.389. The summed E-state index contributed by atoms with van der Waals surface area (Å²) in [6.45, 7) is 8.20. The summed E-state index contributed by atoms with van der Waals surface area (Å²) in [5.74, 6) is 1.04. The van der Waals surface area contributed by atoms with Crippen molar-refractivity contribution >= 4 is 11.9 Å². The van der Waals surface area contributed by atoms with Crippen LogP contribution in [0.3, 0.4) is 0 Å². The summed E-state index contributed by atoms with van der Waals surface area (Å²) >= 11 is 0. The third-order valence-electron chi connectivity index (χ3n) is 3.19. The normalized spacial score (nSPS) is 11.0. The van der Waals surface area contributed by atoms with Crippen LogP contribution in [-0.4, -0.2) is 28.5 Å². The van der Waals surface area contributed by atoms with Gasteiger partial charge < -0.3 is 15.4 Å². The molecule has 1 aromatic carbocycles. The number of hydrogen-bond donors (Lipinski definition) is 2. The van der Waals surface area contributed by atoms with Crippen molar-refractivity contribution in [2.75, 3.05) is 12.4 Å². The molecule has 24 heavy (non-hydrogen) atoms. The molecule has 0 unspecified atom stereocenters. The molecule has 0 radical (unpaired) electrons. The second-order valence-corrected chi connectivity index (χ2v) is 6.62. The number of carbonyl (C=O) groups is 1. The van der Waals surface area contributed by atoms with Crippen molar-refractivity contribution in [1.29, 1.82) is 0 Å². The Bertz CT molecular complexity index is 706. The van der Waals surface area contributed by atoms with E-state index >= 15 is 0 Å². The highest BCUT2D eigenvalue weighted by atomic mass is 16.5. The Labute approximate surface area is 142 Å². The minimum Gasteiger partial charge on any atom is -0.497 e. The minimum atomic E-state index is -0.313. The number of benzene rings is 1. The zero-order valence-corrected chi connectivity index (χ0v) is 14.8. The molecule has 6 heteroatoms. The predicted octanol–water partition coefficient (Wildman–Crippen LogP) is 2.93. The van der Waals surface area contributed by atoms with E-state index in [2.05, 4.69) is 20.6 Å². The topological polar surface area (TPSA) is 76.1 Å². The van der Waals surface area contributed by atoms with Gasteiger partial charge >= 0.3 is 0 Å². The van der Waals surface area contributed by atoms with Gasteiger partial charge in [0.15, 0.2) is 0 Å². The van der Waals surface area contributed by atoms with E-state index in [0.717, 1.165) is 17.0 Å². The van der Waals surface area contributed by atoms with Crippen LogP contribution >= 0.6 is 0 Å². The van der Waals surface area contributed by atoms with Crippen molar-refractivity contribution in [2.24, 2.45) is 0 Å². The number of methoxy groups -OCH3 is 1. The second-order valence-electron chi connectivity index (χ2n) is 6.62. The van der Waals surface area contributed by atoms with Gasteiger partial charge in [-0.05, 0) is 51.5 Å². The molecule has 0 fully saturated rings. The van der Waals surface area contributed by atoms with Crippen molar-refractivity contribution in [3.05, 3.63) is 47.3 Å². The predicted molar refractivity (Wildman–Crippen MR) is 94.3 cm³/mol. The van der Waals surface area contributed by atoms with Gasteiger partial charge in [0.05, 0.1) is 7.11 Å². The molecule has 6 nitrogen and oxygen atoms in total. The average molecular weight is 328 g/mol. The van der Waals surface area contributed by atoms with Gasteiger partial charge in [0.1, 0.15) is 11.4 Å². The maximum Gasteiger partial charge on any atom is 0.270 e. The number of nitrogens with zero attached hydrogens (tertiary/aromatic N) is 2. The SMILES string of the molecule is COc1ccc(CNc2nc(C)cc(C(=O)NC(C)(C)C)n2)cc1. The highest BCUT2D eigenvalue weighted by Gasteiger charge is 2.17. The molecular weight excluding hydrogens is 304 g/mol. The number of carbonyl (C=O) groups excluding carboxylic acids is 1. The van der Waals surface area contributed by atoms with Gasteiger partial charge in [-0.25, -0.2) is 9.97 Å². The third kappa shape index (κ3) is 5.22. The average Bonchev–Trinajstić information content (AvgIpc) is 2.51. The van der Waals surface area contributed by atoms with Crippen molar-refractivity contribution in [3.63, 3.8) is 0 Å². The Morgan fingerprint density at radius 1 is 1.17 bits per heavy atom. The Morgan fingerprint density at radius 3 is 2.42 bits per heavy atom. The fourth-order valence-corrected chi connectivity index (χ4v) is 2.09. The van der Waals surface area contributed by atoms with Crippen LogP contribution in [0, 0.1) is 6.92 Å². The Morgan fingerprint density at radius 2 is 1.83 bits per heavy atom. The second kappa shape index (κ2) is 7.29. The van der Waals surface area contributed by atoms with E-state index in [1.54, 1.807) is 13.2 Å². The molecule has 0 saturated carbocycles. The first-order valence-corrected chi connectivity index (χ1v) is 7.82. The standard InChI is InChI=1S/C18H24N4O2/c1-12-10-15(16(23)22-18(2,3)4)21-17(20-12)19-11-13-6-8-14(24-5)9-7-13/h6-10H,11H2,1-5H3,(H,22,23)(H,19,20,21). The Balaban J connectivity index is 2.08. The van der Waals surface area contributed by atoms with Crippen LogP contribution in [0.1, 0.15) is 42.5 Å². The van der Waals surface area contributed by atoms with Gasteiger partial charge in [0.25, 0.3) is 5.91 Å². The van der Waals surface area contributed by atoms with Gasteiger partial charge in [0, 0.05) is 17.8 Å². The van der Waals surface area contributed by atoms with E-state index in [-0.39, 0.29) is 11.4 Å². The van der Waals surface area contributed by atoms with Crippen LogP contribution in [-0.2, 0) is 6.54 Å². The maximum absolute atomic E-state index is 12.3. The Hall–Kier alpha value is -2.63. The molecule has 0 aliphatic heterocycles. The lowest BCUT2D eigenvalue weighted by molar-refractivity contribution is 0.0914. The van der Waals surface area contributed by atoms with Gasteiger partial charge in [-0.2, -0.15) is 0 Å². The molecular formula is C18H24N4O2. The number of hydrogen-bond acceptors (Lipinski definition) is 5. The molecule has 2 aromatic rings. The zero-order valence-electron chi connectivity index (χ0n) is 14.8. The lowest BCUT2D eigenvalue weighted by Crippen LogP contribution is -2.41. The number of aromatic nitrogens is 2. The molecule has 128 valence electrons. The molecule has 1 aromatic heterocycles. The maximum atomic E-state index is 12.3. The quantitative estimate of drug-likeness (QED) is 0.882. The summed E-state index contributed by atoms with van der Waals surface area (Å²) in [5, 5.41) is 6.06. The van der Waals surface area contributed by atoms with E-state index in [9.17, 15) is 4.79 Å². The van der Waals surface area contributed by atoms with Crippen LogP contribution in [0.5, 0.6) is 5.75 Å². The van der Waals surface area contributed by atoms with E-state index < -0.39 is 0 Å². The van der Waals surface area contributed by atoms with Crippen molar-refractivity contribution in [1.82, 2.24) is 15.3 Å². The van der Waals surface area contributed by atoms with Crippen LogP contribution in [0.4, 0.5) is 5.95 Å². The number of anilines is 1. The largest absolute Gasteiger partial charge is 0.497 e. The molecule has 0 aliphatic carbocycles. The first kappa shape index (κ1) is 17.7. The number of amides is 1. The summed E-state index contributed by atoms with van der Waals surface area (Å²) in [5.41, 5.74) is 1.85. The van der Waals surface area contributed by atoms with Gasteiger partial charge in [-0.3, -0.25) is 4.79 Å². The molecule has 0 saturated heterocycles. The molecule has 2 rings (SSSR count). The molecule has 0 bridgehead atoms. The van der Waals surface area contributed by atoms with E-state index in [1.165, 1.54) is 0 Å². The number of nitrogens with one attached hydrogen (secondary N) is 2. The van der Waals surface area contributed by atoms with E-state index in [4.69, 9.17) is 4.74 Å². The lowest BCUT2D eigenvalue weighted by atomic mass is 10.1. The summed E-state index contributed by atoms with van der Waals surface area (Å²) < 4.78 is 5.14. The van der Waals surface area contributed by atoms with Crippen LogP contribution < -0.4 is 15.4 Å².